The van der Waals surface area contributed by atoms with E-state index in [0.717, 1.165) is 5.56 Å². The second-order valence-electron chi connectivity index (χ2n) is 5.62. The molecule has 0 saturated heterocycles. The Morgan fingerprint density at radius 1 is 1.23 bits per heavy atom. The topological polar surface area (TPSA) is 91.2 Å². The van der Waals surface area contributed by atoms with Gasteiger partial charge in [-0.25, -0.2) is 14.6 Å². The van der Waals surface area contributed by atoms with E-state index in [1.807, 2.05) is 19.1 Å². The first-order chi connectivity index (χ1) is 12.6. The molecule has 1 amide bonds. The molecule has 1 N–H and O–H groups in total. The summed E-state index contributed by atoms with van der Waals surface area (Å²) in [6.07, 6.45) is 4.02. The summed E-state index contributed by atoms with van der Waals surface area (Å²) < 4.78 is 12.6. The van der Waals surface area contributed by atoms with Gasteiger partial charge in [0.05, 0.1) is 7.11 Å². The van der Waals surface area contributed by atoms with Crippen LogP contribution in [0.1, 0.15) is 12.5 Å². The maximum absolute atomic E-state index is 12.4. The number of carbonyl (C=O) groups excluding carboxylic acids is 1. The van der Waals surface area contributed by atoms with Crippen LogP contribution in [0.2, 0.25) is 0 Å². The lowest BCUT2D eigenvalue weighted by atomic mass is 10.2. The highest BCUT2D eigenvalue weighted by molar-refractivity contribution is 5.93. The molecule has 0 spiro atoms. The van der Waals surface area contributed by atoms with Crippen LogP contribution in [-0.4, -0.2) is 38.9 Å². The fourth-order valence-corrected chi connectivity index (χ4v) is 2.29. The predicted molar refractivity (Wildman–Crippen MR) is 95.6 cm³/mol. The van der Waals surface area contributed by atoms with Gasteiger partial charge in [0.15, 0.2) is 23.4 Å². The number of amides is 1. The number of nitrogens with one attached hydrogen (secondary N) is 1. The quantitative estimate of drug-likeness (QED) is 0.732. The second-order valence-corrected chi connectivity index (χ2v) is 5.62. The number of carbonyl (C=O) groups is 1. The zero-order valence-electron chi connectivity index (χ0n) is 14.7. The molecular weight excluding hydrogens is 334 g/mol. The predicted octanol–water partition coefficient (Wildman–Crippen LogP) is 2.39. The van der Waals surface area contributed by atoms with Crippen molar-refractivity contribution >= 4 is 11.7 Å². The lowest BCUT2D eigenvalue weighted by Gasteiger charge is -2.17. The molecule has 134 valence electrons. The van der Waals surface area contributed by atoms with Crippen molar-refractivity contribution in [2.75, 3.05) is 12.4 Å². The molecule has 26 heavy (non-hydrogen) atoms. The largest absolute Gasteiger partial charge is 0.493 e. The van der Waals surface area contributed by atoms with Gasteiger partial charge in [0, 0.05) is 18.5 Å². The van der Waals surface area contributed by atoms with Crippen LogP contribution in [0.3, 0.4) is 0 Å². The zero-order valence-corrected chi connectivity index (χ0v) is 14.7. The summed E-state index contributed by atoms with van der Waals surface area (Å²) >= 11 is 0. The minimum Gasteiger partial charge on any atom is -0.493 e. The highest BCUT2D eigenvalue weighted by Crippen LogP contribution is 2.28. The van der Waals surface area contributed by atoms with Crippen molar-refractivity contribution in [3.05, 3.63) is 54.6 Å². The molecule has 0 aliphatic rings. The van der Waals surface area contributed by atoms with Gasteiger partial charge >= 0.3 is 0 Å². The smallest absolute Gasteiger partial charge is 0.266 e. The van der Waals surface area contributed by atoms with Gasteiger partial charge in [-0.2, -0.15) is 5.10 Å². The third kappa shape index (κ3) is 3.97. The summed E-state index contributed by atoms with van der Waals surface area (Å²) in [5.41, 5.74) is 1.04. The Kier molecular flexibility index (Phi) is 5.12. The highest BCUT2D eigenvalue weighted by Gasteiger charge is 2.18. The van der Waals surface area contributed by atoms with Crippen LogP contribution < -0.4 is 14.8 Å². The minimum atomic E-state index is -0.741. The van der Waals surface area contributed by atoms with Crippen LogP contribution >= 0.6 is 0 Å². The monoisotopic (exact) mass is 353 g/mol. The van der Waals surface area contributed by atoms with E-state index in [2.05, 4.69) is 20.4 Å². The summed E-state index contributed by atoms with van der Waals surface area (Å²) in [6.45, 7) is 3.61. The number of hydrogen-bond donors (Lipinski definition) is 1. The molecule has 0 saturated carbocycles. The molecule has 0 bridgehead atoms. The molecule has 1 unspecified atom stereocenters. The number of methoxy groups -OCH3 is 1. The fraction of sp³-hybridized carbons (Fsp3) is 0.222. The first-order valence-electron chi connectivity index (χ1n) is 8.01. The van der Waals surface area contributed by atoms with Gasteiger partial charge in [0.2, 0.25) is 0 Å². The van der Waals surface area contributed by atoms with E-state index in [1.54, 1.807) is 49.3 Å². The van der Waals surface area contributed by atoms with Crippen molar-refractivity contribution in [2.24, 2.45) is 0 Å². The summed E-state index contributed by atoms with van der Waals surface area (Å²) in [4.78, 5) is 20.6. The van der Waals surface area contributed by atoms with Gasteiger partial charge < -0.3 is 14.8 Å². The van der Waals surface area contributed by atoms with Crippen molar-refractivity contribution in [1.82, 2.24) is 19.7 Å². The van der Waals surface area contributed by atoms with Crippen molar-refractivity contribution < 1.29 is 14.3 Å². The van der Waals surface area contributed by atoms with Crippen molar-refractivity contribution in [2.45, 2.75) is 20.0 Å². The first-order valence-corrected chi connectivity index (χ1v) is 8.01. The second kappa shape index (κ2) is 7.64. The SMILES string of the molecule is COc1cc(C)ccc1OC(C)C(=O)Nc1cc(-n2cccn2)ncn1. The molecule has 2 aromatic heterocycles. The molecule has 0 aliphatic heterocycles. The molecule has 2 heterocycles. The summed E-state index contributed by atoms with van der Waals surface area (Å²) in [6, 6.07) is 8.93. The lowest BCUT2D eigenvalue weighted by Crippen LogP contribution is -2.30. The molecule has 1 aromatic carbocycles. The Hall–Kier alpha value is -3.42. The summed E-state index contributed by atoms with van der Waals surface area (Å²) in [5.74, 6) is 1.65. The van der Waals surface area contributed by atoms with E-state index >= 15 is 0 Å². The number of aryl methyl sites for hydroxylation is 1. The zero-order chi connectivity index (χ0) is 18.5. The van der Waals surface area contributed by atoms with E-state index in [9.17, 15) is 4.79 Å². The van der Waals surface area contributed by atoms with Gasteiger partial charge in [-0.05, 0) is 37.6 Å². The Morgan fingerprint density at radius 2 is 2.08 bits per heavy atom. The number of aromatic nitrogens is 4. The van der Waals surface area contributed by atoms with Gasteiger partial charge in [-0.15, -0.1) is 0 Å². The lowest BCUT2D eigenvalue weighted by molar-refractivity contribution is -0.122. The van der Waals surface area contributed by atoms with E-state index in [-0.39, 0.29) is 5.91 Å². The van der Waals surface area contributed by atoms with Crippen molar-refractivity contribution in [3.8, 4) is 17.3 Å². The molecule has 3 aromatic rings. The standard InChI is InChI=1S/C18H19N5O3/c1-12-5-6-14(15(9-12)25-3)26-13(2)18(24)22-16-10-17(20-11-19-16)23-8-4-7-21-23/h4-11,13H,1-3H3,(H,19,20,22,24). The van der Waals surface area contributed by atoms with Gasteiger partial charge in [-0.1, -0.05) is 6.07 Å². The molecule has 0 aliphatic carbocycles. The Bertz CT molecular complexity index is 896. The summed E-state index contributed by atoms with van der Waals surface area (Å²) in [5, 5.41) is 6.82. The maximum atomic E-state index is 12.4. The van der Waals surface area contributed by atoms with Crippen LogP contribution in [0.4, 0.5) is 5.82 Å². The highest BCUT2D eigenvalue weighted by atomic mass is 16.5. The molecule has 8 heteroatoms. The third-order valence-corrected chi connectivity index (χ3v) is 3.64. The minimum absolute atomic E-state index is 0.335. The number of anilines is 1. The van der Waals surface area contributed by atoms with E-state index in [1.165, 1.54) is 6.33 Å². The number of ether oxygens (including phenoxy) is 2. The molecular formula is C18H19N5O3. The Morgan fingerprint density at radius 3 is 2.81 bits per heavy atom. The van der Waals surface area contributed by atoms with E-state index in [0.29, 0.717) is 23.1 Å². The van der Waals surface area contributed by atoms with Crippen LogP contribution in [0.15, 0.2) is 49.1 Å². The first kappa shape index (κ1) is 17.4. The van der Waals surface area contributed by atoms with Gasteiger partial charge in [0.1, 0.15) is 12.1 Å². The van der Waals surface area contributed by atoms with E-state index in [4.69, 9.17) is 9.47 Å². The van der Waals surface area contributed by atoms with E-state index < -0.39 is 6.10 Å². The number of rotatable bonds is 6. The van der Waals surface area contributed by atoms with Crippen molar-refractivity contribution in [1.29, 1.82) is 0 Å². The average molecular weight is 353 g/mol. The average Bonchev–Trinajstić information content (AvgIpc) is 3.18. The van der Waals surface area contributed by atoms with Crippen LogP contribution in [0.5, 0.6) is 11.5 Å². The maximum Gasteiger partial charge on any atom is 0.266 e. The van der Waals surface area contributed by atoms with Crippen LogP contribution in [0, 0.1) is 6.92 Å². The molecule has 3 rings (SSSR count). The van der Waals surface area contributed by atoms with Crippen LogP contribution in [-0.2, 0) is 4.79 Å². The van der Waals surface area contributed by atoms with Crippen molar-refractivity contribution in [3.63, 3.8) is 0 Å². The van der Waals surface area contributed by atoms with Gasteiger partial charge in [0.25, 0.3) is 5.91 Å². The molecule has 8 nitrogen and oxygen atoms in total. The Labute approximate surface area is 150 Å². The molecule has 0 radical (unpaired) electrons. The number of benzene rings is 1. The van der Waals surface area contributed by atoms with Crippen LogP contribution in [0.25, 0.3) is 5.82 Å². The molecule has 0 fully saturated rings. The summed E-state index contributed by atoms with van der Waals surface area (Å²) in [7, 11) is 1.56. The van der Waals surface area contributed by atoms with Gasteiger partial charge in [-0.3, -0.25) is 4.79 Å². The number of hydrogen-bond acceptors (Lipinski definition) is 6. The normalized spacial score (nSPS) is 11.7. The Balaban J connectivity index is 1.69. The number of nitrogens with zero attached hydrogens (tertiary/aromatic N) is 4. The molecule has 1 atom stereocenters. The fourth-order valence-electron chi connectivity index (χ4n) is 2.29. The third-order valence-electron chi connectivity index (χ3n) is 3.64.